The maximum Gasteiger partial charge on any atom is 0.310 e. The second-order valence-corrected chi connectivity index (χ2v) is 8.97. The van der Waals surface area contributed by atoms with Crippen LogP contribution in [-0.4, -0.2) is 38.5 Å². The van der Waals surface area contributed by atoms with Crippen molar-refractivity contribution in [1.82, 2.24) is 19.6 Å². The van der Waals surface area contributed by atoms with Crippen molar-refractivity contribution in [2.24, 2.45) is 0 Å². The number of nitrogens with zero attached hydrogens (tertiary/aromatic N) is 4. The molecule has 2 heterocycles. The molecule has 0 saturated heterocycles. The molecular weight excluding hydrogens is 511 g/mol. The van der Waals surface area contributed by atoms with Crippen LogP contribution >= 0.6 is 11.6 Å². The van der Waals surface area contributed by atoms with Gasteiger partial charge in [-0.2, -0.15) is 0 Å². The van der Waals surface area contributed by atoms with Gasteiger partial charge >= 0.3 is 5.97 Å². The summed E-state index contributed by atoms with van der Waals surface area (Å²) in [5.41, 5.74) is 3.35. The third-order valence-electron chi connectivity index (χ3n) is 6.17. The maximum atomic E-state index is 13.5. The average molecular weight is 533 g/mol. The topological polar surface area (TPSA) is 88.2 Å². The molecule has 38 heavy (non-hydrogen) atoms. The van der Waals surface area contributed by atoms with E-state index in [9.17, 15) is 14.0 Å². The summed E-state index contributed by atoms with van der Waals surface area (Å²) in [5, 5.41) is 9.21. The Hall–Kier alpha value is -4.50. The van der Waals surface area contributed by atoms with Gasteiger partial charge in [0.25, 0.3) is 5.91 Å². The zero-order chi connectivity index (χ0) is 26.8. The monoisotopic (exact) mass is 532 g/mol. The van der Waals surface area contributed by atoms with Crippen LogP contribution in [0.3, 0.4) is 0 Å². The van der Waals surface area contributed by atoms with Crippen molar-refractivity contribution >= 4 is 34.4 Å². The number of benzene rings is 3. The highest BCUT2D eigenvalue weighted by molar-refractivity contribution is 6.30. The van der Waals surface area contributed by atoms with Crippen molar-refractivity contribution in [2.75, 3.05) is 7.11 Å². The predicted molar refractivity (Wildman–Crippen MR) is 139 cm³/mol. The molecule has 5 aromatic rings. The van der Waals surface area contributed by atoms with E-state index in [0.717, 1.165) is 0 Å². The summed E-state index contributed by atoms with van der Waals surface area (Å²) in [7, 11) is 1.54. The van der Waals surface area contributed by atoms with Crippen LogP contribution in [0.1, 0.15) is 27.3 Å². The van der Waals surface area contributed by atoms with Gasteiger partial charge in [-0.3, -0.25) is 14.2 Å². The molecule has 0 radical (unpaired) electrons. The lowest BCUT2D eigenvalue weighted by molar-refractivity contribution is -0.144. The number of halogens is 2. The van der Waals surface area contributed by atoms with Crippen LogP contribution in [0, 0.1) is 12.7 Å². The molecule has 192 valence electrons. The number of methoxy groups -OCH3 is 1. The van der Waals surface area contributed by atoms with Gasteiger partial charge in [-0.15, -0.1) is 5.10 Å². The SMILES string of the molecule is COc1cccc2c1c(CC(=O)OCc1cn(-c3ccc(F)cc3)nn1)c(C)n2C(=O)c1ccc(Cl)cc1. The van der Waals surface area contributed by atoms with Gasteiger partial charge in [0.15, 0.2) is 0 Å². The van der Waals surface area contributed by atoms with E-state index in [0.29, 0.717) is 49.9 Å². The van der Waals surface area contributed by atoms with E-state index >= 15 is 0 Å². The van der Waals surface area contributed by atoms with Gasteiger partial charge in [-0.25, -0.2) is 9.07 Å². The molecule has 3 aromatic carbocycles. The molecule has 0 saturated carbocycles. The smallest absolute Gasteiger partial charge is 0.310 e. The third-order valence-corrected chi connectivity index (χ3v) is 6.42. The number of ether oxygens (including phenoxy) is 2. The summed E-state index contributed by atoms with van der Waals surface area (Å²) in [6, 6.07) is 17.8. The molecule has 0 aliphatic rings. The van der Waals surface area contributed by atoms with Crippen LogP contribution in [0.5, 0.6) is 5.75 Å². The van der Waals surface area contributed by atoms with Crippen molar-refractivity contribution in [1.29, 1.82) is 0 Å². The second kappa shape index (κ2) is 10.5. The van der Waals surface area contributed by atoms with E-state index in [2.05, 4.69) is 10.3 Å². The number of aromatic nitrogens is 4. The molecule has 0 unspecified atom stereocenters. The van der Waals surface area contributed by atoms with Crippen molar-refractivity contribution in [3.05, 3.63) is 106 Å². The first-order chi connectivity index (χ1) is 18.4. The van der Waals surface area contributed by atoms with E-state index in [1.54, 1.807) is 72.3 Å². The fourth-order valence-corrected chi connectivity index (χ4v) is 4.44. The Balaban J connectivity index is 1.39. The molecule has 0 fully saturated rings. The highest BCUT2D eigenvalue weighted by atomic mass is 35.5. The fourth-order valence-electron chi connectivity index (χ4n) is 4.31. The van der Waals surface area contributed by atoms with Crippen molar-refractivity contribution in [2.45, 2.75) is 20.0 Å². The normalized spacial score (nSPS) is 11.1. The van der Waals surface area contributed by atoms with Crippen LogP contribution in [0.4, 0.5) is 4.39 Å². The molecule has 8 nitrogen and oxygen atoms in total. The molecule has 0 aliphatic carbocycles. The van der Waals surface area contributed by atoms with Crippen molar-refractivity contribution < 1.29 is 23.5 Å². The zero-order valence-electron chi connectivity index (χ0n) is 20.5. The second-order valence-electron chi connectivity index (χ2n) is 8.53. The van der Waals surface area contributed by atoms with Crippen LogP contribution in [0.25, 0.3) is 16.6 Å². The van der Waals surface area contributed by atoms with Crippen LogP contribution in [-0.2, 0) is 22.6 Å². The first-order valence-corrected chi connectivity index (χ1v) is 12.0. The summed E-state index contributed by atoms with van der Waals surface area (Å²) in [6.07, 6.45) is 1.52. The van der Waals surface area contributed by atoms with E-state index < -0.39 is 5.97 Å². The van der Waals surface area contributed by atoms with Crippen LogP contribution in [0.2, 0.25) is 5.02 Å². The Morgan fingerprint density at radius 2 is 1.76 bits per heavy atom. The van der Waals surface area contributed by atoms with E-state index in [1.165, 1.54) is 23.9 Å². The number of carbonyl (C=O) groups is 2. The minimum atomic E-state index is -0.506. The third kappa shape index (κ3) is 4.88. The van der Waals surface area contributed by atoms with E-state index in [4.69, 9.17) is 21.1 Å². The summed E-state index contributed by atoms with van der Waals surface area (Å²) >= 11 is 5.99. The standard InChI is InChI=1S/C28H22ClFN4O4/c1-17-23(14-26(35)38-16-21-15-33(32-31-21)22-12-10-20(30)11-13-22)27-24(4-3-5-25(27)37-2)34(17)28(36)18-6-8-19(29)9-7-18/h3-13,15H,14,16H2,1-2H3. The Morgan fingerprint density at radius 3 is 2.47 bits per heavy atom. The van der Waals surface area contributed by atoms with Gasteiger partial charge in [-0.05, 0) is 73.2 Å². The lowest BCUT2D eigenvalue weighted by Crippen LogP contribution is -2.14. The van der Waals surface area contributed by atoms with Crippen molar-refractivity contribution in [3.63, 3.8) is 0 Å². The molecule has 5 rings (SSSR count). The minimum Gasteiger partial charge on any atom is -0.496 e. The maximum absolute atomic E-state index is 13.5. The lowest BCUT2D eigenvalue weighted by Gasteiger charge is -2.08. The van der Waals surface area contributed by atoms with Gasteiger partial charge in [0.2, 0.25) is 0 Å². The summed E-state index contributed by atoms with van der Waals surface area (Å²) in [5.74, 6) is -0.577. The molecule has 10 heteroatoms. The number of fused-ring (bicyclic) bond motifs is 1. The summed E-state index contributed by atoms with van der Waals surface area (Å²) in [6.45, 7) is 1.68. The molecule has 0 atom stereocenters. The lowest BCUT2D eigenvalue weighted by atomic mass is 10.1. The van der Waals surface area contributed by atoms with Crippen LogP contribution in [0.15, 0.2) is 72.9 Å². The molecule has 0 N–H and O–H groups in total. The number of rotatable bonds is 7. The first kappa shape index (κ1) is 25.2. The Bertz CT molecular complexity index is 1640. The van der Waals surface area contributed by atoms with Crippen LogP contribution < -0.4 is 4.74 Å². The predicted octanol–water partition coefficient (Wildman–Crippen LogP) is 5.31. The van der Waals surface area contributed by atoms with Gasteiger partial charge < -0.3 is 9.47 Å². The Labute approximate surface area is 222 Å². The molecule has 2 aromatic heterocycles. The molecule has 0 aliphatic heterocycles. The summed E-state index contributed by atoms with van der Waals surface area (Å²) in [4.78, 5) is 26.4. The quantitative estimate of drug-likeness (QED) is 0.264. The fraction of sp³-hybridized carbons (Fsp3) is 0.143. The van der Waals surface area contributed by atoms with E-state index in [-0.39, 0.29) is 24.8 Å². The van der Waals surface area contributed by atoms with E-state index in [1.807, 2.05) is 0 Å². The van der Waals surface area contributed by atoms with Gasteiger partial charge in [0.1, 0.15) is 23.9 Å². The van der Waals surface area contributed by atoms with Gasteiger partial charge in [0, 0.05) is 21.7 Å². The number of hydrogen-bond acceptors (Lipinski definition) is 6. The molecule has 0 amide bonds. The highest BCUT2D eigenvalue weighted by Gasteiger charge is 2.24. The number of carbonyl (C=O) groups excluding carboxylic acids is 2. The highest BCUT2D eigenvalue weighted by Crippen LogP contribution is 2.34. The molecule has 0 spiro atoms. The molecule has 0 bridgehead atoms. The number of esters is 1. The molecular formula is C28H22ClFN4O4. The average Bonchev–Trinajstić information content (AvgIpc) is 3.50. The zero-order valence-corrected chi connectivity index (χ0v) is 21.3. The largest absolute Gasteiger partial charge is 0.496 e. The first-order valence-electron chi connectivity index (χ1n) is 11.7. The van der Waals surface area contributed by atoms with Gasteiger partial charge in [-0.1, -0.05) is 22.9 Å². The summed E-state index contributed by atoms with van der Waals surface area (Å²) < 4.78 is 27.3. The Kier molecular flexibility index (Phi) is 6.93. The minimum absolute atomic E-state index is 0.0876. The van der Waals surface area contributed by atoms with Gasteiger partial charge in [0.05, 0.1) is 30.9 Å². The number of hydrogen-bond donors (Lipinski definition) is 0. The van der Waals surface area contributed by atoms with Crippen molar-refractivity contribution in [3.8, 4) is 11.4 Å². The Morgan fingerprint density at radius 1 is 1.03 bits per heavy atom.